The zero-order valence-corrected chi connectivity index (χ0v) is 14.4. The highest BCUT2D eigenvalue weighted by Gasteiger charge is 2.29. The summed E-state index contributed by atoms with van der Waals surface area (Å²) >= 11 is 0. The minimum absolute atomic E-state index is 0.000670. The second kappa shape index (κ2) is 6.72. The summed E-state index contributed by atoms with van der Waals surface area (Å²) in [6.45, 7) is 4.09. The molecule has 3 rings (SSSR count). The summed E-state index contributed by atoms with van der Waals surface area (Å²) in [7, 11) is 0. The monoisotopic (exact) mass is 342 g/mol. The first-order chi connectivity index (χ1) is 11.9. The zero-order chi connectivity index (χ0) is 18.0. The van der Waals surface area contributed by atoms with Crippen molar-refractivity contribution in [1.29, 1.82) is 0 Å². The van der Waals surface area contributed by atoms with Gasteiger partial charge >= 0.3 is 0 Å². The van der Waals surface area contributed by atoms with Crippen molar-refractivity contribution in [3.8, 4) is 0 Å². The number of aliphatic hydroxyl groups is 1. The average molecular weight is 342 g/mol. The van der Waals surface area contributed by atoms with Crippen LogP contribution in [0.2, 0.25) is 0 Å². The molecule has 0 spiro atoms. The Bertz CT molecular complexity index is 781. The van der Waals surface area contributed by atoms with Crippen LogP contribution in [0.4, 0.5) is 5.69 Å². The summed E-state index contributed by atoms with van der Waals surface area (Å²) in [5.74, 6) is 0.0812. The number of benzene rings is 1. The fraction of sp³-hybridized carbons (Fsp3) is 0.368. The van der Waals surface area contributed by atoms with Crippen molar-refractivity contribution < 1.29 is 19.1 Å². The van der Waals surface area contributed by atoms with Gasteiger partial charge in [-0.15, -0.1) is 0 Å². The predicted octanol–water partition coefficient (Wildman–Crippen LogP) is 2.35. The van der Waals surface area contributed by atoms with E-state index >= 15 is 0 Å². The van der Waals surface area contributed by atoms with Crippen LogP contribution in [0.5, 0.6) is 0 Å². The van der Waals surface area contributed by atoms with Crippen LogP contribution >= 0.6 is 0 Å². The fourth-order valence-electron chi connectivity index (χ4n) is 2.99. The summed E-state index contributed by atoms with van der Waals surface area (Å²) in [6, 6.07) is 8.79. The molecule has 1 aromatic carbocycles. The number of carbonyl (C=O) groups is 2. The highest BCUT2D eigenvalue weighted by Crippen LogP contribution is 2.27. The first-order valence-electron chi connectivity index (χ1n) is 8.34. The number of furan rings is 1. The molecule has 0 saturated carbocycles. The van der Waals surface area contributed by atoms with Gasteiger partial charge in [0.15, 0.2) is 0 Å². The summed E-state index contributed by atoms with van der Waals surface area (Å²) < 4.78 is 5.22. The Morgan fingerprint density at radius 2 is 2.20 bits per heavy atom. The maximum atomic E-state index is 12.7. The first-order valence-corrected chi connectivity index (χ1v) is 8.34. The highest BCUT2D eigenvalue weighted by molar-refractivity contribution is 6.05. The van der Waals surface area contributed by atoms with Crippen molar-refractivity contribution in [2.45, 2.75) is 32.3 Å². The van der Waals surface area contributed by atoms with Gasteiger partial charge in [-0.1, -0.05) is 11.6 Å². The largest absolute Gasteiger partial charge is 0.466 e. The number of hydrogen-bond acceptors (Lipinski definition) is 4. The fourth-order valence-corrected chi connectivity index (χ4v) is 2.99. The Kier molecular flexibility index (Phi) is 4.63. The third-order valence-electron chi connectivity index (χ3n) is 4.41. The topological polar surface area (TPSA) is 82.8 Å². The molecule has 1 saturated heterocycles. The predicted molar refractivity (Wildman–Crippen MR) is 93.4 cm³/mol. The molecule has 1 unspecified atom stereocenters. The Hall–Kier alpha value is -2.60. The number of rotatable bonds is 5. The molecule has 0 bridgehead atoms. The Labute approximate surface area is 146 Å². The lowest BCUT2D eigenvalue weighted by molar-refractivity contribution is -0.117. The Balaban J connectivity index is 1.80. The van der Waals surface area contributed by atoms with Gasteiger partial charge in [0.1, 0.15) is 11.4 Å². The van der Waals surface area contributed by atoms with E-state index in [4.69, 9.17) is 4.42 Å². The molecule has 132 valence electrons. The number of hydrogen-bond donors (Lipinski definition) is 2. The number of carbonyl (C=O) groups excluding carboxylic acids is 2. The van der Waals surface area contributed by atoms with Crippen molar-refractivity contribution in [1.82, 2.24) is 5.32 Å². The quantitative estimate of drug-likeness (QED) is 0.874. The summed E-state index contributed by atoms with van der Waals surface area (Å²) in [6.07, 6.45) is 2.77. The van der Waals surface area contributed by atoms with E-state index in [9.17, 15) is 14.7 Å². The number of aryl methyl sites for hydroxylation is 1. The van der Waals surface area contributed by atoms with Gasteiger partial charge in [0.05, 0.1) is 24.1 Å². The normalized spacial score (nSPS) is 16.8. The molecule has 1 fully saturated rings. The molecule has 2 amide bonds. The molecule has 25 heavy (non-hydrogen) atoms. The second-order valence-electron chi connectivity index (χ2n) is 6.60. The highest BCUT2D eigenvalue weighted by atomic mass is 16.4. The molecule has 0 radical (unpaired) electrons. The van der Waals surface area contributed by atoms with Crippen molar-refractivity contribution in [3.05, 3.63) is 53.5 Å². The van der Waals surface area contributed by atoms with Crippen LogP contribution in [0.1, 0.15) is 41.4 Å². The molecule has 2 aromatic rings. The van der Waals surface area contributed by atoms with Crippen LogP contribution in [0.3, 0.4) is 0 Å². The molecule has 1 aliphatic rings. The van der Waals surface area contributed by atoms with E-state index < -0.39 is 5.60 Å². The Morgan fingerprint density at radius 3 is 2.84 bits per heavy atom. The molecule has 2 heterocycles. The maximum Gasteiger partial charge on any atom is 0.253 e. The molecule has 6 heteroatoms. The van der Waals surface area contributed by atoms with Gasteiger partial charge in [-0.2, -0.15) is 0 Å². The van der Waals surface area contributed by atoms with Gasteiger partial charge in [0, 0.05) is 13.0 Å². The molecule has 1 atom stereocenters. The van der Waals surface area contributed by atoms with Gasteiger partial charge < -0.3 is 19.7 Å². The molecule has 1 aliphatic heterocycles. The lowest BCUT2D eigenvalue weighted by Gasteiger charge is -2.23. The van der Waals surface area contributed by atoms with Crippen molar-refractivity contribution in [2.24, 2.45) is 0 Å². The number of anilines is 1. The molecular formula is C19H22N2O4. The van der Waals surface area contributed by atoms with Gasteiger partial charge in [0.2, 0.25) is 5.91 Å². The lowest BCUT2D eigenvalue weighted by atomic mass is 10.0. The minimum Gasteiger partial charge on any atom is -0.466 e. The van der Waals surface area contributed by atoms with Crippen molar-refractivity contribution in [3.63, 3.8) is 0 Å². The van der Waals surface area contributed by atoms with Gasteiger partial charge in [-0.05, 0) is 44.5 Å². The zero-order valence-electron chi connectivity index (χ0n) is 14.4. The number of nitrogens with one attached hydrogen (secondary N) is 1. The summed E-state index contributed by atoms with van der Waals surface area (Å²) in [5.41, 5.74) is 0.666. The van der Waals surface area contributed by atoms with Crippen LogP contribution < -0.4 is 10.2 Å². The van der Waals surface area contributed by atoms with E-state index in [-0.39, 0.29) is 18.4 Å². The van der Waals surface area contributed by atoms with E-state index in [0.717, 1.165) is 12.0 Å². The van der Waals surface area contributed by atoms with Crippen LogP contribution in [-0.4, -0.2) is 30.0 Å². The number of amides is 2. The molecule has 6 nitrogen and oxygen atoms in total. The SMILES string of the molecule is Cc1ccc(N2CCCC2=O)c(C(=O)NCC(C)(O)c2ccco2)c1. The van der Waals surface area contributed by atoms with E-state index in [1.807, 2.05) is 13.0 Å². The smallest absolute Gasteiger partial charge is 0.253 e. The standard InChI is InChI=1S/C19H22N2O4/c1-13-7-8-15(21-9-3-6-17(21)22)14(11-13)18(23)20-12-19(2,24)16-5-4-10-25-16/h4-5,7-8,10-11,24H,3,6,9,12H2,1-2H3,(H,20,23). The summed E-state index contributed by atoms with van der Waals surface area (Å²) in [5, 5.41) is 13.2. The summed E-state index contributed by atoms with van der Waals surface area (Å²) in [4.78, 5) is 26.4. The Morgan fingerprint density at radius 1 is 1.40 bits per heavy atom. The van der Waals surface area contributed by atoms with Gasteiger partial charge in [-0.25, -0.2) is 0 Å². The van der Waals surface area contributed by atoms with Crippen LogP contribution in [-0.2, 0) is 10.4 Å². The third kappa shape index (κ3) is 3.58. The molecule has 0 aliphatic carbocycles. The van der Waals surface area contributed by atoms with E-state index in [2.05, 4.69) is 5.32 Å². The minimum atomic E-state index is -1.31. The molecule has 2 N–H and O–H groups in total. The van der Waals surface area contributed by atoms with Crippen LogP contribution in [0.25, 0.3) is 0 Å². The van der Waals surface area contributed by atoms with Gasteiger partial charge in [0.25, 0.3) is 5.91 Å². The van der Waals surface area contributed by atoms with Gasteiger partial charge in [-0.3, -0.25) is 9.59 Å². The van der Waals surface area contributed by atoms with E-state index in [1.165, 1.54) is 6.26 Å². The van der Waals surface area contributed by atoms with E-state index in [1.54, 1.807) is 36.1 Å². The average Bonchev–Trinajstić information content (AvgIpc) is 3.25. The third-order valence-corrected chi connectivity index (χ3v) is 4.41. The van der Waals surface area contributed by atoms with E-state index in [0.29, 0.717) is 30.0 Å². The molecular weight excluding hydrogens is 320 g/mol. The molecule has 1 aromatic heterocycles. The first kappa shape index (κ1) is 17.2. The van der Waals surface area contributed by atoms with Crippen LogP contribution in [0.15, 0.2) is 41.0 Å². The number of nitrogens with zero attached hydrogens (tertiary/aromatic N) is 1. The van der Waals surface area contributed by atoms with Crippen molar-refractivity contribution in [2.75, 3.05) is 18.0 Å². The van der Waals surface area contributed by atoms with Crippen molar-refractivity contribution >= 4 is 17.5 Å². The maximum absolute atomic E-state index is 12.7. The lowest BCUT2D eigenvalue weighted by Crippen LogP contribution is -2.39. The second-order valence-corrected chi connectivity index (χ2v) is 6.60. The van der Waals surface area contributed by atoms with Crippen LogP contribution in [0, 0.1) is 6.92 Å².